The fraction of sp³-hybridized carbons (Fsp3) is 0.333. The lowest BCUT2D eigenvalue weighted by Crippen LogP contribution is -2.36. The van der Waals surface area contributed by atoms with E-state index >= 15 is 0 Å². The van der Waals surface area contributed by atoms with Crippen LogP contribution in [0, 0.1) is 6.92 Å². The summed E-state index contributed by atoms with van der Waals surface area (Å²) in [4.78, 5) is 30.6. The Bertz CT molecular complexity index is 1460. The summed E-state index contributed by atoms with van der Waals surface area (Å²) in [5.74, 6) is 1.06. The van der Waals surface area contributed by atoms with Crippen molar-refractivity contribution in [3.8, 4) is 11.4 Å². The highest BCUT2D eigenvalue weighted by Gasteiger charge is 2.22. The third-order valence-corrected chi connectivity index (χ3v) is 7.64. The zero-order valence-corrected chi connectivity index (χ0v) is 23.4. The molecule has 0 spiro atoms. The van der Waals surface area contributed by atoms with Gasteiger partial charge in [0.1, 0.15) is 18.1 Å². The van der Waals surface area contributed by atoms with Gasteiger partial charge in [-0.2, -0.15) is 0 Å². The van der Waals surface area contributed by atoms with Crippen molar-refractivity contribution in [2.24, 2.45) is 0 Å². The average molecular weight is 539 g/mol. The highest BCUT2D eigenvalue weighted by atomic mass is 16.5. The number of carbonyl (C=O) groups is 1. The van der Waals surface area contributed by atoms with Crippen molar-refractivity contribution < 1.29 is 9.53 Å². The highest BCUT2D eigenvalue weighted by Crippen LogP contribution is 2.27. The molecule has 0 saturated heterocycles. The Balaban J connectivity index is 1.40. The van der Waals surface area contributed by atoms with Gasteiger partial charge in [0.25, 0.3) is 11.5 Å². The number of ether oxygens (including phenoxy) is 1. The van der Waals surface area contributed by atoms with E-state index in [1.807, 2.05) is 41.3 Å². The average Bonchev–Trinajstić information content (AvgIpc) is 3.36. The first kappa shape index (κ1) is 27.5. The van der Waals surface area contributed by atoms with Crippen molar-refractivity contribution >= 4 is 5.91 Å². The van der Waals surface area contributed by atoms with Crippen LogP contribution in [0.2, 0.25) is 0 Å². The van der Waals surface area contributed by atoms with E-state index in [0.717, 1.165) is 43.7 Å². The quantitative estimate of drug-likeness (QED) is 0.380. The third-order valence-electron chi connectivity index (χ3n) is 7.64. The molecule has 0 bridgehead atoms. The largest absolute Gasteiger partial charge is 0.491 e. The zero-order chi connectivity index (χ0) is 27.9. The predicted octanol–water partition coefficient (Wildman–Crippen LogP) is 5.39. The van der Waals surface area contributed by atoms with Crippen LogP contribution in [-0.2, 0) is 6.54 Å². The fourth-order valence-electron chi connectivity index (χ4n) is 5.48. The van der Waals surface area contributed by atoms with E-state index in [1.165, 1.54) is 21.9 Å². The number of para-hydroxylation sites is 1. The maximum atomic E-state index is 13.7. The van der Waals surface area contributed by atoms with Crippen LogP contribution in [-0.4, -0.2) is 58.8 Å². The summed E-state index contributed by atoms with van der Waals surface area (Å²) in [5.41, 5.74) is 4.40. The smallest absolute Gasteiger partial charge is 0.272 e. The summed E-state index contributed by atoms with van der Waals surface area (Å²) in [6.07, 6.45) is 2.86. The van der Waals surface area contributed by atoms with E-state index in [1.54, 1.807) is 0 Å². The first-order valence-electron chi connectivity index (χ1n) is 14.1. The number of carbonyl (C=O) groups excluding carboxylic acids is 1. The number of aromatic amines is 1. The summed E-state index contributed by atoms with van der Waals surface area (Å²) in [6.45, 7) is 5.24. The number of nitrogens with zero attached hydrogens (tertiary/aromatic N) is 3. The van der Waals surface area contributed by atoms with Gasteiger partial charge in [-0.15, -0.1) is 0 Å². The zero-order valence-electron chi connectivity index (χ0n) is 23.4. The van der Waals surface area contributed by atoms with Crippen LogP contribution >= 0.6 is 0 Å². The number of aryl methyl sites for hydroxylation is 1. The lowest BCUT2D eigenvalue weighted by Gasteiger charge is -2.27. The van der Waals surface area contributed by atoms with Gasteiger partial charge in [0.15, 0.2) is 0 Å². The van der Waals surface area contributed by atoms with Crippen molar-refractivity contribution in [2.45, 2.75) is 38.6 Å². The Morgan fingerprint density at radius 1 is 0.900 bits per heavy atom. The van der Waals surface area contributed by atoms with Crippen LogP contribution < -0.4 is 10.3 Å². The first-order valence-corrected chi connectivity index (χ1v) is 14.1. The molecule has 1 aliphatic heterocycles. The number of amides is 1. The fourth-order valence-corrected chi connectivity index (χ4v) is 5.48. The molecule has 0 saturated carbocycles. The monoisotopic (exact) mass is 538 g/mol. The van der Waals surface area contributed by atoms with E-state index < -0.39 is 0 Å². The Labute approximate surface area is 236 Å². The van der Waals surface area contributed by atoms with Crippen molar-refractivity contribution in [1.29, 1.82) is 0 Å². The van der Waals surface area contributed by atoms with Gasteiger partial charge in [0.2, 0.25) is 0 Å². The molecule has 7 nitrogen and oxygen atoms in total. The number of nitrogens with one attached hydrogen (secondary N) is 1. The molecular weight excluding hydrogens is 500 g/mol. The topological polar surface area (TPSA) is 70.6 Å². The normalized spacial score (nSPS) is 17.4. The van der Waals surface area contributed by atoms with E-state index in [0.29, 0.717) is 31.3 Å². The van der Waals surface area contributed by atoms with Crippen LogP contribution in [0.25, 0.3) is 5.69 Å². The Morgan fingerprint density at radius 2 is 1.65 bits per heavy atom. The molecule has 1 atom stereocenters. The number of benzene rings is 3. The summed E-state index contributed by atoms with van der Waals surface area (Å²) < 4.78 is 7.65. The standard InChI is InChI=1S/C33H38N4O3/c1-25-15-16-31-28(22-25)24-35(2)19-17-27(26-10-5-3-6-11-26)12-9-18-36(20-21-40-31)33(39)30-23-32(38)37(34-30)29-13-7-4-8-14-29/h3-8,10-11,13-16,22-23,27,34H,9,12,17-21,24H2,1-2H3. The molecule has 1 N–H and O–H groups in total. The van der Waals surface area contributed by atoms with Gasteiger partial charge in [0, 0.05) is 24.7 Å². The van der Waals surface area contributed by atoms with Crippen LogP contribution in [0.15, 0.2) is 89.7 Å². The number of H-pyrrole nitrogens is 1. The Morgan fingerprint density at radius 3 is 2.42 bits per heavy atom. The summed E-state index contributed by atoms with van der Waals surface area (Å²) in [6, 6.07) is 27.6. The number of hydrogen-bond acceptors (Lipinski definition) is 4. The first-order chi connectivity index (χ1) is 19.5. The van der Waals surface area contributed by atoms with Crippen LogP contribution in [0.5, 0.6) is 5.75 Å². The molecule has 208 valence electrons. The minimum atomic E-state index is -0.259. The molecule has 2 heterocycles. The molecule has 0 fully saturated rings. The number of fused-ring (bicyclic) bond motifs is 1. The SMILES string of the molecule is Cc1ccc2c(c1)CN(C)CCC(c1ccccc1)CCCN(C(=O)c1cc(=O)n(-c3ccccc3)[nH]1)CCO2. The molecule has 1 aliphatic rings. The Hall–Kier alpha value is -4.10. The molecule has 0 aliphatic carbocycles. The third kappa shape index (κ3) is 6.72. The molecule has 1 unspecified atom stereocenters. The van der Waals surface area contributed by atoms with E-state index in [9.17, 15) is 9.59 Å². The molecule has 5 rings (SSSR count). The molecule has 1 amide bonds. The van der Waals surface area contributed by atoms with Crippen LogP contribution in [0.3, 0.4) is 0 Å². The highest BCUT2D eigenvalue weighted by molar-refractivity contribution is 5.92. The molecule has 1 aromatic heterocycles. The maximum Gasteiger partial charge on any atom is 0.272 e. The summed E-state index contributed by atoms with van der Waals surface area (Å²) in [5, 5.41) is 3.03. The van der Waals surface area contributed by atoms with Gasteiger partial charge in [-0.05, 0) is 69.5 Å². The number of hydrogen-bond donors (Lipinski definition) is 1. The minimum absolute atomic E-state index is 0.192. The molecule has 7 heteroatoms. The molecule has 0 radical (unpaired) electrons. The van der Waals surface area contributed by atoms with E-state index in [-0.39, 0.29) is 17.2 Å². The molecule has 4 aromatic rings. The summed E-state index contributed by atoms with van der Waals surface area (Å²) in [7, 11) is 2.17. The molecule has 3 aromatic carbocycles. The predicted molar refractivity (Wildman–Crippen MR) is 158 cm³/mol. The van der Waals surface area contributed by atoms with E-state index in [2.05, 4.69) is 66.4 Å². The van der Waals surface area contributed by atoms with Crippen molar-refractivity contribution in [1.82, 2.24) is 19.6 Å². The minimum Gasteiger partial charge on any atom is -0.491 e. The van der Waals surface area contributed by atoms with E-state index in [4.69, 9.17) is 4.74 Å². The second-order valence-corrected chi connectivity index (χ2v) is 10.7. The van der Waals surface area contributed by atoms with Gasteiger partial charge in [-0.3, -0.25) is 14.7 Å². The lowest BCUT2D eigenvalue weighted by atomic mass is 9.91. The number of aromatic nitrogens is 2. The maximum absolute atomic E-state index is 13.7. The van der Waals surface area contributed by atoms with Gasteiger partial charge in [-0.25, -0.2) is 4.68 Å². The van der Waals surface area contributed by atoms with Crippen molar-refractivity contribution in [3.05, 3.63) is 118 Å². The second-order valence-electron chi connectivity index (χ2n) is 10.7. The van der Waals surface area contributed by atoms with Crippen molar-refractivity contribution in [3.63, 3.8) is 0 Å². The molecule has 40 heavy (non-hydrogen) atoms. The van der Waals surface area contributed by atoms with Crippen LogP contribution in [0.4, 0.5) is 0 Å². The van der Waals surface area contributed by atoms with Gasteiger partial charge < -0.3 is 14.5 Å². The molecular formula is C33H38N4O3. The second kappa shape index (κ2) is 12.8. The van der Waals surface area contributed by atoms with Crippen LogP contribution in [0.1, 0.15) is 52.4 Å². The van der Waals surface area contributed by atoms with Crippen molar-refractivity contribution in [2.75, 3.05) is 33.3 Å². The lowest BCUT2D eigenvalue weighted by molar-refractivity contribution is 0.0718. The van der Waals surface area contributed by atoms with Gasteiger partial charge >= 0.3 is 0 Å². The van der Waals surface area contributed by atoms with Gasteiger partial charge in [0.05, 0.1) is 12.2 Å². The Kier molecular flexibility index (Phi) is 8.81. The number of rotatable bonds is 3. The summed E-state index contributed by atoms with van der Waals surface area (Å²) >= 11 is 0. The van der Waals surface area contributed by atoms with Gasteiger partial charge in [-0.1, -0.05) is 66.2 Å².